The first-order valence-electron chi connectivity index (χ1n) is 5.88. The van der Waals surface area contributed by atoms with Gasteiger partial charge in [-0.15, -0.1) is 0 Å². The predicted molar refractivity (Wildman–Crippen MR) is 71.6 cm³/mol. The number of benzene rings is 1. The largest absolute Gasteiger partial charge is 0.366 e. The van der Waals surface area contributed by atoms with E-state index in [0.717, 1.165) is 18.4 Å². The van der Waals surface area contributed by atoms with Gasteiger partial charge < -0.3 is 5.73 Å². The standard InChI is InChI=1S/C15H19NO/c1-3-8-13(12-10-6-5-7-11-12)14(9-4-2)15(16)17/h4-7,9-11,13H,2-3,8H2,1H3,(H2,16,17)/t13-/m0/s1. The van der Waals surface area contributed by atoms with E-state index >= 15 is 0 Å². The number of hydrogen-bond acceptors (Lipinski definition) is 1. The van der Waals surface area contributed by atoms with Crippen molar-refractivity contribution in [3.05, 3.63) is 60.2 Å². The summed E-state index contributed by atoms with van der Waals surface area (Å²) < 4.78 is 0. The van der Waals surface area contributed by atoms with Crippen LogP contribution in [0.4, 0.5) is 0 Å². The Kier molecular flexibility index (Phi) is 5.21. The van der Waals surface area contributed by atoms with Gasteiger partial charge in [-0.05, 0) is 12.0 Å². The molecule has 1 aromatic carbocycles. The summed E-state index contributed by atoms with van der Waals surface area (Å²) in [6.07, 6.45) is 5.25. The van der Waals surface area contributed by atoms with Crippen LogP contribution >= 0.6 is 0 Å². The molecule has 1 amide bonds. The van der Waals surface area contributed by atoms with E-state index < -0.39 is 0 Å². The number of rotatable bonds is 6. The molecule has 0 unspecified atom stereocenters. The van der Waals surface area contributed by atoms with Gasteiger partial charge in [0.25, 0.3) is 0 Å². The van der Waals surface area contributed by atoms with Crippen molar-refractivity contribution in [2.24, 2.45) is 5.73 Å². The minimum Gasteiger partial charge on any atom is -0.366 e. The van der Waals surface area contributed by atoms with Crippen molar-refractivity contribution in [1.82, 2.24) is 0 Å². The number of primary amides is 1. The Morgan fingerprint density at radius 3 is 2.53 bits per heavy atom. The SMILES string of the molecule is C=CC=C(C(N)=O)[C@@H](CCC)c1ccccc1. The van der Waals surface area contributed by atoms with Crippen molar-refractivity contribution in [1.29, 1.82) is 0 Å². The second kappa shape index (κ2) is 6.69. The van der Waals surface area contributed by atoms with E-state index in [2.05, 4.69) is 13.5 Å². The van der Waals surface area contributed by atoms with E-state index in [0.29, 0.717) is 5.57 Å². The molecule has 1 atom stereocenters. The van der Waals surface area contributed by atoms with Gasteiger partial charge in [0.05, 0.1) is 0 Å². The summed E-state index contributed by atoms with van der Waals surface area (Å²) in [6.45, 7) is 5.73. The zero-order chi connectivity index (χ0) is 12.7. The van der Waals surface area contributed by atoms with Gasteiger partial charge in [0.15, 0.2) is 0 Å². The van der Waals surface area contributed by atoms with Gasteiger partial charge in [-0.2, -0.15) is 0 Å². The molecule has 1 rings (SSSR count). The minimum atomic E-state index is -0.368. The van der Waals surface area contributed by atoms with Gasteiger partial charge in [-0.1, -0.05) is 62.4 Å². The average molecular weight is 229 g/mol. The Morgan fingerprint density at radius 2 is 2.06 bits per heavy atom. The summed E-state index contributed by atoms with van der Waals surface area (Å²) in [7, 11) is 0. The van der Waals surface area contributed by atoms with Crippen LogP contribution in [0.3, 0.4) is 0 Å². The maximum absolute atomic E-state index is 11.5. The molecule has 0 bridgehead atoms. The topological polar surface area (TPSA) is 43.1 Å². The van der Waals surface area contributed by atoms with E-state index in [1.807, 2.05) is 30.3 Å². The Morgan fingerprint density at radius 1 is 1.41 bits per heavy atom. The number of nitrogens with two attached hydrogens (primary N) is 1. The molecular weight excluding hydrogens is 210 g/mol. The summed E-state index contributed by atoms with van der Waals surface area (Å²) in [5.74, 6) is -0.302. The lowest BCUT2D eigenvalue weighted by Crippen LogP contribution is -2.19. The second-order valence-electron chi connectivity index (χ2n) is 3.97. The van der Waals surface area contributed by atoms with E-state index in [1.165, 1.54) is 0 Å². The minimum absolute atomic E-state index is 0.0664. The molecular formula is C15H19NO. The summed E-state index contributed by atoms with van der Waals surface area (Å²) in [5, 5.41) is 0. The van der Waals surface area contributed by atoms with Gasteiger partial charge in [0.2, 0.25) is 5.91 Å². The fourth-order valence-electron chi connectivity index (χ4n) is 1.97. The first-order valence-corrected chi connectivity index (χ1v) is 5.88. The number of hydrogen-bond donors (Lipinski definition) is 1. The molecule has 0 aliphatic carbocycles. The van der Waals surface area contributed by atoms with Crippen LogP contribution in [-0.2, 0) is 4.79 Å². The molecule has 0 saturated carbocycles. The van der Waals surface area contributed by atoms with Gasteiger partial charge in [0, 0.05) is 11.5 Å². The third-order valence-corrected chi connectivity index (χ3v) is 2.74. The molecule has 0 fully saturated rings. The lowest BCUT2D eigenvalue weighted by Gasteiger charge is -2.18. The van der Waals surface area contributed by atoms with Crippen LogP contribution in [0.1, 0.15) is 31.2 Å². The van der Waals surface area contributed by atoms with Crippen molar-refractivity contribution in [2.75, 3.05) is 0 Å². The van der Waals surface area contributed by atoms with Gasteiger partial charge in [-0.25, -0.2) is 0 Å². The fraction of sp³-hybridized carbons (Fsp3) is 0.267. The normalized spacial score (nSPS) is 13.1. The molecule has 0 heterocycles. The van der Waals surface area contributed by atoms with Crippen molar-refractivity contribution in [2.45, 2.75) is 25.7 Å². The maximum atomic E-state index is 11.5. The first kappa shape index (κ1) is 13.2. The van der Waals surface area contributed by atoms with Gasteiger partial charge in [-0.3, -0.25) is 4.79 Å². The number of amides is 1. The van der Waals surface area contributed by atoms with Crippen LogP contribution in [-0.4, -0.2) is 5.91 Å². The van der Waals surface area contributed by atoms with Crippen LogP contribution in [0.15, 0.2) is 54.6 Å². The fourth-order valence-corrected chi connectivity index (χ4v) is 1.97. The van der Waals surface area contributed by atoms with Crippen LogP contribution in [0, 0.1) is 0 Å². The van der Waals surface area contributed by atoms with Crippen molar-refractivity contribution in [3.63, 3.8) is 0 Å². The van der Waals surface area contributed by atoms with E-state index in [1.54, 1.807) is 12.2 Å². The second-order valence-corrected chi connectivity index (χ2v) is 3.97. The van der Waals surface area contributed by atoms with Crippen LogP contribution in [0.25, 0.3) is 0 Å². The summed E-state index contributed by atoms with van der Waals surface area (Å²) >= 11 is 0. The first-order chi connectivity index (χ1) is 8.20. The molecule has 2 nitrogen and oxygen atoms in total. The zero-order valence-corrected chi connectivity index (χ0v) is 10.2. The van der Waals surface area contributed by atoms with E-state index in [4.69, 9.17) is 5.73 Å². The van der Waals surface area contributed by atoms with E-state index in [9.17, 15) is 4.79 Å². The van der Waals surface area contributed by atoms with Gasteiger partial charge >= 0.3 is 0 Å². The quantitative estimate of drug-likeness (QED) is 0.591. The van der Waals surface area contributed by atoms with Crippen LogP contribution < -0.4 is 5.73 Å². The van der Waals surface area contributed by atoms with Crippen molar-refractivity contribution in [3.8, 4) is 0 Å². The molecule has 0 aromatic heterocycles. The molecule has 0 spiro atoms. The lowest BCUT2D eigenvalue weighted by atomic mass is 9.86. The maximum Gasteiger partial charge on any atom is 0.245 e. The highest BCUT2D eigenvalue weighted by Gasteiger charge is 2.19. The number of allylic oxidation sites excluding steroid dienone is 2. The summed E-state index contributed by atoms with van der Waals surface area (Å²) in [6, 6.07) is 9.98. The molecule has 0 saturated heterocycles. The zero-order valence-electron chi connectivity index (χ0n) is 10.2. The molecule has 0 aliphatic rings. The molecule has 0 radical (unpaired) electrons. The molecule has 1 aromatic rings. The van der Waals surface area contributed by atoms with Crippen LogP contribution in [0.5, 0.6) is 0 Å². The van der Waals surface area contributed by atoms with Crippen molar-refractivity contribution < 1.29 is 4.79 Å². The predicted octanol–water partition coefficient (Wildman–Crippen LogP) is 3.17. The van der Waals surface area contributed by atoms with Gasteiger partial charge in [0.1, 0.15) is 0 Å². The lowest BCUT2D eigenvalue weighted by molar-refractivity contribution is -0.114. The van der Waals surface area contributed by atoms with Crippen molar-refractivity contribution >= 4 is 5.91 Å². The van der Waals surface area contributed by atoms with E-state index in [-0.39, 0.29) is 11.8 Å². The molecule has 0 aliphatic heterocycles. The highest BCUT2D eigenvalue weighted by Crippen LogP contribution is 2.28. The average Bonchev–Trinajstić information content (AvgIpc) is 2.34. The Bertz CT molecular complexity index is 406. The Hall–Kier alpha value is -1.83. The molecule has 17 heavy (non-hydrogen) atoms. The molecule has 90 valence electrons. The number of carbonyl (C=O) groups excluding carboxylic acids is 1. The smallest absolute Gasteiger partial charge is 0.245 e. The summed E-state index contributed by atoms with van der Waals surface area (Å²) in [4.78, 5) is 11.5. The molecule has 2 heteroatoms. The van der Waals surface area contributed by atoms with Crippen LogP contribution in [0.2, 0.25) is 0 Å². The third-order valence-electron chi connectivity index (χ3n) is 2.74. The Labute approximate surface area is 103 Å². The molecule has 2 N–H and O–H groups in total. The monoisotopic (exact) mass is 229 g/mol. The number of carbonyl (C=O) groups is 1. The summed E-state index contributed by atoms with van der Waals surface area (Å²) in [5.41, 5.74) is 7.19. The Balaban J connectivity index is 3.11. The highest BCUT2D eigenvalue weighted by molar-refractivity contribution is 5.93. The third kappa shape index (κ3) is 3.59. The highest BCUT2D eigenvalue weighted by atomic mass is 16.1.